The Kier molecular flexibility index (Phi) is 4.26. The number of carbonyl (C=O) groups excluding carboxylic acids is 1. The molecule has 2 bridgehead atoms. The van der Waals surface area contributed by atoms with Gasteiger partial charge in [0, 0.05) is 38.1 Å². The third-order valence-electron chi connectivity index (χ3n) is 6.76. The summed E-state index contributed by atoms with van der Waals surface area (Å²) in [5.74, 6) is 1.37. The molecule has 5 rings (SSSR count). The molecular weight excluding hydrogens is 354 g/mol. The lowest BCUT2D eigenvalue weighted by atomic mass is 9.72. The largest absolute Gasteiger partial charge is 0.368 e. The molecule has 2 aromatic heterocycles. The summed E-state index contributed by atoms with van der Waals surface area (Å²) >= 11 is 0. The summed E-state index contributed by atoms with van der Waals surface area (Å²) in [6.07, 6.45) is 5.77. The summed E-state index contributed by atoms with van der Waals surface area (Å²) < 4.78 is 1.78. The quantitative estimate of drug-likeness (QED) is 0.793. The lowest BCUT2D eigenvalue weighted by Gasteiger charge is -2.57. The number of nitrogens with zero attached hydrogens (tertiary/aromatic N) is 7. The van der Waals surface area contributed by atoms with Crippen molar-refractivity contribution >= 4 is 17.2 Å². The van der Waals surface area contributed by atoms with Crippen LogP contribution in [0.15, 0.2) is 12.4 Å². The molecule has 0 saturated carbocycles. The zero-order valence-corrected chi connectivity index (χ0v) is 17.0. The van der Waals surface area contributed by atoms with Gasteiger partial charge >= 0.3 is 0 Å². The third kappa shape index (κ3) is 2.85. The first kappa shape index (κ1) is 17.8. The molecule has 3 fully saturated rings. The SMILES string of the molecule is Cc1cc(N2C[C@H]3C[C@@H](C2)[C@H](CN(C)C)N2C(=O)CCC[C@@H]32)c2nncn2n1. The van der Waals surface area contributed by atoms with E-state index in [9.17, 15) is 4.79 Å². The van der Waals surface area contributed by atoms with Gasteiger partial charge in [0.2, 0.25) is 11.6 Å². The number of anilines is 1. The highest BCUT2D eigenvalue weighted by Gasteiger charge is 2.49. The van der Waals surface area contributed by atoms with Crippen LogP contribution < -0.4 is 4.90 Å². The van der Waals surface area contributed by atoms with Gasteiger partial charge in [-0.2, -0.15) is 9.61 Å². The van der Waals surface area contributed by atoms with Gasteiger partial charge < -0.3 is 14.7 Å². The van der Waals surface area contributed by atoms with E-state index in [0.717, 1.165) is 49.5 Å². The summed E-state index contributed by atoms with van der Waals surface area (Å²) in [4.78, 5) is 19.8. The minimum absolute atomic E-state index is 0.295. The van der Waals surface area contributed by atoms with Gasteiger partial charge in [0.1, 0.15) is 6.33 Å². The molecule has 0 aliphatic carbocycles. The van der Waals surface area contributed by atoms with Crippen LogP contribution in [0.2, 0.25) is 0 Å². The number of aryl methyl sites for hydroxylation is 1. The highest BCUT2D eigenvalue weighted by atomic mass is 16.2. The smallest absolute Gasteiger partial charge is 0.223 e. The Morgan fingerprint density at radius 3 is 2.89 bits per heavy atom. The van der Waals surface area contributed by atoms with Crippen molar-refractivity contribution in [3.8, 4) is 0 Å². The molecule has 0 unspecified atom stereocenters. The molecule has 8 heteroatoms. The number of hydrogen-bond donors (Lipinski definition) is 0. The predicted molar refractivity (Wildman–Crippen MR) is 106 cm³/mol. The Balaban J connectivity index is 1.52. The molecule has 1 amide bonds. The Morgan fingerprint density at radius 2 is 2.07 bits per heavy atom. The van der Waals surface area contributed by atoms with Gasteiger partial charge in [-0.1, -0.05) is 0 Å². The number of aromatic nitrogens is 4. The van der Waals surface area contributed by atoms with Gasteiger partial charge in [-0.25, -0.2) is 0 Å². The first-order valence-corrected chi connectivity index (χ1v) is 10.4. The molecule has 28 heavy (non-hydrogen) atoms. The summed E-state index contributed by atoms with van der Waals surface area (Å²) in [5, 5.41) is 12.9. The van der Waals surface area contributed by atoms with Crippen LogP contribution in [0.5, 0.6) is 0 Å². The molecule has 3 saturated heterocycles. The molecule has 5 heterocycles. The predicted octanol–water partition coefficient (Wildman–Crippen LogP) is 1.20. The number of carbonyl (C=O) groups is 1. The number of likely N-dealkylation sites (N-methyl/N-ethyl adjacent to an activating group) is 1. The average Bonchev–Trinajstić information content (AvgIpc) is 3.12. The van der Waals surface area contributed by atoms with Crippen molar-refractivity contribution in [2.45, 2.75) is 44.7 Å². The van der Waals surface area contributed by atoms with Crippen LogP contribution in [0.25, 0.3) is 5.65 Å². The maximum Gasteiger partial charge on any atom is 0.223 e. The maximum absolute atomic E-state index is 12.9. The van der Waals surface area contributed by atoms with Gasteiger partial charge in [0.05, 0.1) is 11.4 Å². The molecular formula is C20H29N7O. The maximum atomic E-state index is 12.9. The van der Waals surface area contributed by atoms with Gasteiger partial charge in [-0.15, -0.1) is 10.2 Å². The van der Waals surface area contributed by atoms with Crippen LogP contribution >= 0.6 is 0 Å². The van der Waals surface area contributed by atoms with E-state index in [0.29, 0.717) is 36.2 Å². The van der Waals surface area contributed by atoms with Crippen molar-refractivity contribution < 1.29 is 4.79 Å². The number of fused-ring (bicyclic) bond motifs is 5. The van der Waals surface area contributed by atoms with Crippen molar-refractivity contribution in [3.63, 3.8) is 0 Å². The molecule has 0 N–H and O–H groups in total. The van der Waals surface area contributed by atoms with Crippen LogP contribution in [0.3, 0.4) is 0 Å². The highest BCUT2D eigenvalue weighted by molar-refractivity contribution is 5.78. The van der Waals surface area contributed by atoms with Crippen molar-refractivity contribution in [2.24, 2.45) is 11.8 Å². The Hall–Kier alpha value is -2.22. The lowest BCUT2D eigenvalue weighted by molar-refractivity contribution is -0.149. The molecule has 3 aliphatic rings. The number of rotatable bonds is 3. The van der Waals surface area contributed by atoms with E-state index in [1.807, 2.05) is 6.92 Å². The van der Waals surface area contributed by atoms with Crippen molar-refractivity contribution in [3.05, 3.63) is 18.1 Å². The molecule has 4 atom stereocenters. The van der Waals surface area contributed by atoms with Crippen LogP contribution in [0.1, 0.15) is 31.4 Å². The zero-order valence-electron chi connectivity index (χ0n) is 17.0. The van der Waals surface area contributed by atoms with E-state index in [1.165, 1.54) is 6.42 Å². The fraction of sp³-hybridized carbons (Fsp3) is 0.700. The highest BCUT2D eigenvalue weighted by Crippen LogP contribution is 2.43. The second kappa shape index (κ2) is 6.69. The third-order valence-corrected chi connectivity index (χ3v) is 6.76. The molecule has 8 nitrogen and oxygen atoms in total. The van der Waals surface area contributed by atoms with Gasteiger partial charge in [0.25, 0.3) is 0 Å². The summed E-state index contributed by atoms with van der Waals surface area (Å²) in [6.45, 7) is 4.89. The standard InChI is InChI=1S/C20H29N7O/c1-13-7-17(20-22-21-12-26(20)23-13)25-9-14-8-15(10-25)18(11-24(2)3)27-16(14)5-4-6-19(27)28/h7,12,14-16,18H,4-6,8-11H2,1-3H3/t14-,15+,16+,18+/m1/s1. The molecule has 3 aliphatic heterocycles. The van der Waals surface area contributed by atoms with E-state index in [1.54, 1.807) is 10.8 Å². The topological polar surface area (TPSA) is 69.9 Å². The molecule has 0 aromatic carbocycles. The van der Waals surface area contributed by atoms with E-state index in [-0.39, 0.29) is 0 Å². The minimum Gasteiger partial charge on any atom is -0.368 e. The molecule has 2 aromatic rings. The van der Waals surface area contributed by atoms with Crippen molar-refractivity contribution in [1.29, 1.82) is 0 Å². The lowest BCUT2D eigenvalue weighted by Crippen LogP contribution is -2.67. The Labute approximate surface area is 165 Å². The van der Waals surface area contributed by atoms with E-state index in [2.05, 4.69) is 50.2 Å². The normalized spacial score (nSPS) is 30.2. The van der Waals surface area contributed by atoms with Crippen LogP contribution in [0.4, 0.5) is 5.69 Å². The second-order valence-corrected chi connectivity index (χ2v) is 9.02. The Bertz CT molecular complexity index is 894. The Morgan fingerprint density at radius 1 is 1.25 bits per heavy atom. The van der Waals surface area contributed by atoms with E-state index >= 15 is 0 Å². The fourth-order valence-electron chi connectivity index (χ4n) is 5.75. The average molecular weight is 384 g/mol. The van der Waals surface area contributed by atoms with Crippen LogP contribution in [-0.2, 0) is 4.79 Å². The fourth-order valence-corrected chi connectivity index (χ4v) is 5.75. The van der Waals surface area contributed by atoms with Gasteiger partial charge in [-0.05, 0) is 58.2 Å². The van der Waals surface area contributed by atoms with E-state index in [4.69, 9.17) is 0 Å². The van der Waals surface area contributed by atoms with Crippen LogP contribution in [-0.4, -0.2) is 81.3 Å². The minimum atomic E-state index is 0.295. The van der Waals surface area contributed by atoms with E-state index < -0.39 is 0 Å². The van der Waals surface area contributed by atoms with Crippen molar-refractivity contribution in [1.82, 2.24) is 29.6 Å². The van der Waals surface area contributed by atoms with Gasteiger partial charge in [0.15, 0.2) is 0 Å². The number of hydrogen-bond acceptors (Lipinski definition) is 6. The summed E-state index contributed by atoms with van der Waals surface area (Å²) in [7, 11) is 4.23. The summed E-state index contributed by atoms with van der Waals surface area (Å²) in [6, 6.07) is 2.81. The molecule has 150 valence electrons. The molecule has 0 spiro atoms. The van der Waals surface area contributed by atoms with Crippen LogP contribution in [0, 0.1) is 18.8 Å². The zero-order chi connectivity index (χ0) is 19.4. The van der Waals surface area contributed by atoms with Crippen molar-refractivity contribution in [2.75, 3.05) is 38.6 Å². The summed E-state index contributed by atoms with van der Waals surface area (Å²) in [5.41, 5.74) is 2.92. The number of amides is 1. The number of piperidine rings is 3. The second-order valence-electron chi connectivity index (χ2n) is 9.02. The first-order chi connectivity index (χ1) is 13.5. The monoisotopic (exact) mass is 383 g/mol. The first-order valence-electron chi connectivity index (χ1n) is 10.4. The molecule has 0 radical (unpaired) electrons. The van der Waals surface area contributed by atoms with Gasteiger partial charge in [-0.3, -0.25) is 4.79 Å².